The van der Waals surface area contributed by atoms with Crippen LogP contribution in [0.15, 0.2) is 47.7 Å². The minimum absolute atomic E-state index is 0.0606. The van der Waals surface area contributed by atoms with E-state index in [1.807, 2.05) is 19.1 Å². The van der Waals surface area contributed by atoms with Crippen molar-refractivity contribution >= 4 is 11.7 Å². The molecule has 3 heterocycles. The second kappa shape index (κ2) is 5.21. The number of nitrogens with one attached hydrogen (secondary N) is 1. The molecule has 1 spiro atoms. The normalized spacial score (nSPS) is 37.5. The summed E-state index contributed by atoms with van der Waals surface area (Å²) >= 11 is 0. The first-order valence-electron chi connectivity index (χ1n) is 9.31. The highest BCUT2D eigenvalue weighted by molar-refractivity contribution is 5.93. The lowest BCUT2D eigenvalue weighted by atomic mass is 9.60. The molecule has 0 bridgehead atoms. The number of anilines is 1. The summed E-state index contributed by atoms with van der Waals surface area (Å²) in [4.78, 5) is 15.1. The smallest absolute Gasteiger partial charge is 0.335 e. The zero-order valence-corrected chi connectivity index (χ0v) is 15.2. The van der Waals surface area contributed by atoms with E-state index in [4.69, 9.17) is 4.74 Å². The van der Waals surface area contributed by atoms with Crippen LogP contribution in [-0.4, -0.2) is 47.8 Å². The Morgan fingerprint density at radius 3 is 3.00 bits per heavy atom. The molecular formula is C21H24N2O3. The van der Waals surface area contributed by atoms with E-state index >= 15 is 0 Å². The van der Waals surface area contributed by atoms with Gasteiger partial charge in [-0.3, -0.25) is 4.90 Å². The van der Waals surface area contributed by atoms with Crippen LogP contribution in [0.1, 0.15) is 25.3 Å². The van der Waals surface area contributed by atoms with E-state index in [2.05, 4.69) is 34.5 Å². The fourth-order valence-corrected chi connectivity index (χ4v) is 5.81. The number of para-hydroxylation sites is 1. The van der Waals surface area contributed by atoms with Crippen molar-refractivity contribution in [3.05, 3.63) is 53.3 Å². The van der Waals surface area contributed by atoms with Crippen LogP contribution < -0.4 is 5.32 Å². The lowest BCUT2D eigenvalue weighted by Gasteiger charge is -2.48. The molecule has 5 nitrogen and oxygen atoms in total. The second-order valence-corrected chi connectivity index (χ2v) is 8.12. The second-order valence-electron chi connectivity index (χ2n) is 8.12. The summed E-state index contributed by atoms with van der Waals surface area (Å²) in [5.41, 5.74) is 2.75. The van der Waals surface area contributed by atoms with Crippen LogP contribution in [0.3, 0.4) is 0 Å². The van der Waals surface area contributed by atoms with Gasteiger partial charge >= 0.3 is 5.97 Å². The maximum atomic E-state index is 12.7. The van der Waals surface area contributed by atoms with Gasteiger partial charge in [-0.2, -0.15) is 0 Å². The molecule has 0 aromatic heterocycles. The largest absolute Gasteiger partial charge is 0.466 e. The Balaban J connectivity index is 1.80. The number of esters is 1. The third-order valence-electron chi connectivity index (χ3n) is 6.89. The maximum absolute atomic E-state index is 12.7. The molecule has 1 fully saturated rings. The molecule has 26 heavy (non-hydrogen) atoms. The molecule has 136 valence electrons. The Morgan fingerprint density at radius 1 is 1.38 bits per heavy atom. The number of nitrogens with zero attached hydrogens (tertiary/aromatic N) is 1. The van der Waals surface area contributed by atoms with E-state index in [1.54, 1.807) is 0 Å². The van der Waals surface area contributed by atoms with Crippen LogP contribution in [-0.2, 0) is 14.9 Å². The zero-order chi connectivity index (χ0) is 18.1. The van der Waals surface area contributed by atoms with Gasteiger partial charge in [-0.15, -0.1) is 0 Å². The predicted molar refractivity (Wildman–Crippen MR) is 98.6 cm³/mol. The molecule has 0 unspecified atom stereocenters. The molecule has 2 N–H and O–H groups in total. The van der Waals surface area contributed by atoms with Crippen molar-refractivity contribution in [2.75, 3.05) is 25.5 Å². The van der Waals surface area contributed by atoms with Crippen molar-refractivity contribution < 1.29 is 14.6 Å². The number of carbonyl (C=O) groups excluding carboxylic acids is 1. The number of benzene rings is 1. The van der Waals surface area contributed by atoms with Gasteiger partial charge in [0.25, 0.3) is 0 Å². The maximum Gasteiger partial charge on any atom is 0.335 e. The van der Waals surface area contributed by atoms with Crippen molar-refractivity contribution in [3.8, 4) is 0 Å². The summed E-state index contributed by atoms with van der Waals surface area (Å²) in [6.07, 6.45) is 5.45. The van der Waals surface area contributed by atoms with E-state index < -0.39 is 5.60 Å². The minimum Gasteiger partial charge on any atom is -0.466 e. The fourth-order valence-electron chi connectivity index (χ4n) is 5.81. The predicted octanol–water partition coefficient (Wildman–Crippen LogP) is 2.19. The number of carbonyl (C=O) groups is 1. The third kappa shape index (κ3) is 1.85. The van der Waals surface area contributed by atoms with Crippen molar-refractivity contribution in [2.45, 2.75) is 36.8 Å². The average molecular weight is 352 g/mol. The lowest BCUT2D eigenvalue weighted by Crippen LogP contribution is -2.56. The Hall–Kier alpha value is -2.11. The van der Waals surface area contributed by atoms with Gasteiger partial charge in [0.05, 0.1) is 23.7 Å². The average Bonchev–Trinajstić information content (AvgIpc) is 3.13. The quantitative estimate of drug-likeness (QED) is 0.599. The highest BCUT2D eigenvalue weighted by Crippen LogP contribution is 2.60. The molecule has 1 saturated heterocycles. The van der Waals surface area contributed by atoms with E-state index in [0.717, 1.165) is 30.9 Å². The summed E-state index contributed by atoms with van der Waals surface area (Å²) < 4.78 is 5.13. The van der Waals surface area contributed by atoms with Crippen LogP contribution in [0.2, 0.25) is 0 Å². The number of hydrogen-bond acceptors (Lipinski definition) is 5. The van der Waals surface area contributed by atoms with Crippen LogP contribution >= 0.6 is 0 Å². The number of rotatable bonds is 1. The first kappa shape index (κ1) is 16.1. The minimum atomic E-state index is -0.959. The highest BCUT2D eigenvalue weighted by Gasteiger charge is 2.63. The summed E-state index contributed by atoms with van der Waals surface area (Å²) in [5.74, 6) is -0.352. The van der Waals surface area contributed by atoms with Crippen molar-refractivity contribution in [1.29, 1.82) is 0 Å². The molecule has 4 atom stereocenters. The van der Waals surface area contributed by atoms with Crippen LogP contribution in [0.25, 0.3) is 0 Å². The van der Waals surface area contributed by atoms with Gasteiger partial charge in [0.2, 0.25) is 0 Å². The Kier molecular flexibility index (Phi) is 3.22. The zero-order valence-electron chi connectivity index (χ0n) is 15.2. The summed E-state index contributed by atoms with van der Waals surface area (Å²) in [7, 11) is 1.43. The highest BCUT2D eigenvalue weighted by atomic mass is 16.5. The van der Waals surface area contributed by atoms with E-state index in [1.165, 1.54) is 12.7 Å². The molecule has 1 aliphatic carbocycles. The van der Waals surface area contributed by atoms with Crippen LogP contribution in [0, 0.1) is 5.92 Å². The molecule has 1 aromatic carbocycles. The van der Waals surface area contributed by atoms with Gasteiger partial charge < -0.3 is 15.2 Å². The molecule has 4 aliphatic rings. The van der Waals surface area contributed by atoms with Gasteiger partial charge in [-0.25, -0.2) is 4.79 Å². The summed E-state index contributed by atoms with van der Waals surface area (Å²) in [5, 5.41) is 14.8. The van der Waals surface area contributed by atoms with Crippen molar-refractivity contribution in [3.63, 3.8) is 0 Å². The Morgan fingerprint density at radius 2 is 2.19 bits per heavy atom. The molecule has 5 rings (SSSR count). The van der Waals surface area contributed by atoms with Crippen molar-refractivity contribution in [1.82, 2.24) is 4.90 Å². The van der Waals surface area contributed by atoms with E-state index in [0.29, 0.717) is 12.0 Å². The number of methoxy groups -OCH3 is 1. The van der Waals surface area contributed by atoms with Gasteiger partial charge in [0, 0.05) is 36.4 Å². The molecule has 3 aliphatic heterocycles. The monoisotopic (exact) mass is 352 g/mol. The molecule has 0 radical (unpaired) electrons. The van der Waals surface area contributed by atoms with E-state index in [-0.39, 0.29) is 23.3 Å². The van der Waals surface area contributed by atoms with Crippen molar-refractivity contribution in [2.24, 2.45) is 5.92 Å². The molecule has 5 heteroatoms. The standard InChI is InChI=1S/C21H24N2O3/c1-20(25)8-5-10-23-11-9-21-14-6-3-4-7-16(14)22-17(21)13(19(24)26-2)12-15(20)18(21)23/h3-8,15,18,22,25H,9-12H2,1-2H3/t15-,18+,20-,21+/m1/s1. The van der Waals surface area contributed by atoms with Gasteiger partial charge in [-0.1, -0.05) is 30.4 Å². The summed E-state index contributed by atoms with van der Waals surface area (Å²) in [6, 6.07) is 8.49. The molecule has 1 aromatic rings. The number of fused-ring (bicyclic) bond motifs is 1. The van der Waals surface area contributed by atoms with Crippen LogP contribution in [0.4, 0.5) is 5.69 Å². The summed E-state index contributed by atoms with van der Waals surface area (Å²) in [6.45, 7) is 3.66. The first-order chi connectivity index (χ1) is 12.5. The van der Waals surface area contributed by atoms with Gasteiger partial charge in [-0.05, 0) is 31.4 Å². The lowest BCUT2D eigenvalue weighted by molar-refractivity contribution is -0.137. The third-order valence-corrected chi connectivity index (χ3v) is 6.89. The Bertz CT molecular complexity index is 857. The number of ether oxygens (including phenoxy) is 1. The van der Waals surface area contributed by atoms with E-state index in [9.17, 15) is 9.90 Å². The Labute approximate surface area is 153 Å². The van der Waals surface area contributed by atoms with Crippen LogP contribution in [0.5, 0.6) is 0 Å². The first-order valence-corrected chi connectivity index (χ1v) is 9.31. The fraction of sp³-hybridized carbons (Fsp3) is 0.476. The SMILES string of the molecule is COC(=O)C1=C2Nc3ccccc3[C@@]23CCN2CC=C[C@@](C)(O)[C@H](C1)[C@H]23. The number of aliphatic hydroxyl groups is 1. The van der Waals surface area contributed by atoms with Gasteiger partial charge in [0.15, 0.2) is 0 Å². The molecule has 0 amide bonds. The topological polar surface area (TPSA) is 61.8 Å². The molecular weight excluding hydrogens is 328 g/mol. The number of hydrogen-bond donors (Lipinski definition) is 2. The molecule has 0 saturated carbocycles. The van der Waals surface area contributed by atoms with Gasteiger partial charge in [0.1, 0.15) is 0 Å².